The third-order valence-electron chi connectivity index (χ3n) is 3.96. The first kappa shape index (κ1) is 18.0. The van der Waals surface area contributed by atoms with E-state index in [2.05, 4.69) is 19.9 Å². The average Bonchev–Trinajstić information content (AvgIpc) is 3.03. The van der Waals surface area contributed by atoms with Crippen molar-refractivity contribution in [2.75, 3.05) is 0 Å². The molecule has 0 bridgehead atoms. The highest BCUT2D eigenvalue weighted by Crippen LogP contribution is 2.43. The third kappa shape index (κ3) is 3.17. The number of nitrogens with one attached hydrogen (secondary N) is 1. The molecule has 4 rings (SSSR count). The van der Waals surface area contributed by atoms with Crippen molar-refractivity contribution in [3.63, 3.8) is 0 Å². The molecule has 0 radical (unpaired) electrons. The predicted molar refractivity (Wildman–Crippen MR) is 91.0 cm³/mol. The van der Waals surface area contributed by atoms with Crippen LogP contribution >= 0.6 is 34.9 Å². The number of aromatic nitrogens is 4. The number of rotatable bonds is 6. The lowest BCUT2D eigenvalue weighted by Crippen LogP contribution is -2.33. The minimum absolute atomic E-state index is 0.269. The van der Waals surface area contributed by atoms with Gasteiger partial charge in [-0.05, 0) is 30.9 Å². The summed E-state index contributed by atoms with van der Waals surface area (Å²) in [5, 5.41) is 7.42. The van der Waals surface area contributed by atoms with Crippen LogP contribution in [-0.4, -0.2) is 31.5 Å². The zero-order chi connectivity index (χ0) is 18.5. The molecule has 0 aliphatic heterocycles. The van der Waals surface area contributed by atoms with E-state index in [-0.39, 0.29) is 10.0 Å². The summed E-state index contributed by atoms with van der Waals surface area (Å²) in [6, 6.07) is 1.61. The standard InChI is InChI=1S/C14H10ClF4N5S2/c15-7-3-6(26-23-14(1-2-14)13(18)19)5-24-8(4-20-10(7)24)11-21-22-12(25-11)9(16)17/h3-5,9,13,23H,1-2H2. The maximum Gasteiger partial charge on any atom is 0.291 e. The summed E-state index contributed by atoms with van der Waals surface area (Å²) >= 11 is 8.03. The summed E-state index contributed by atoms with van der Waals surface area (Å²) in [5.41, 5.74) is -0.298. The fourth-order valence-electron chi connectivity index (χ4n) is 2.32. The van der Waals surface area contributed by atoms with Crippen molar-refractivity contribution in [1.29, 1.82) is 0 Å². The van der Waals surface area contributed by atoms with Gasteiger partial charge in [-0.3, -0.25) is 4.40 Å². The van der Waals surface area contributed by atoms with E-state index in [0.717, 1.165) is 23.3 Å². The Kier molecular flexibility index (Phi) is 4.58. The Labute approximate surface area is 157 Å². The zero-order valence-electron chi connectivity index (χ0n) is 12.8. The van der Waals surface area contributed by atoms with Gasteiger partial charge in [0.15, 0.2) is 15.7 Å². The minimum atomic E-state index is -2.71. The molecule has 1 saturated carbocycles. The lowest BCUT2D eigenvalue weighted by molar-refractivity contribution is 0.0985. The highest BCUT2D eigenvalue weighted by molar-refractivity contribution is 7.97. The number of hydrogen-bond donors (Lipinski definition) is 1. The number of nitrogens with zero attached hydrogens (tertiary/aromatic N) is 4. The van der Waals surface area contributed by atoms with Crippen LogP contribution in [0.25, 0.3) is 16.3 Å². The van der Waals surface area contributed by atoms with Crippen LogP contribution in [0.15, 0.2) is 23.4 Å². The van der Waals surface area contributed by atoms with E-state index in [0.29, 0.717) is 34.1 Å². The molecule has 1 N–H and O–H groups in total. The third-order valence-corrected chi connectivity index (χ3v) is 6.16. The van der Waals surface area contributed by atoms with Crippen LogP contribution < -0.4 is 4.72 Å². The predicted octanol–water partition coefficient (Wildman–Crippen LogP) is 4.84. The Bertz CT molecular complexity index is 956. The molecule has 0 atom stereocenters. The molecule has 1 fully saturated rings. The molecule has 3 aromatic heterocycles. The normalized spacial score (nSPS) is 16.1. The molecule has 26 heavy (non-hydrogen) atoms. The van der Waals surface area contributed by atoms with Crippen molar-refractivity contribution in [3.05, 3.63) is 28.5 Å². The van der Waals surface area contributed by atoms with Crippen LogP contribution in [0.2, 0.25) is 5.02 Å². The molecule has 0 saturated heterocycles. The number of alkyl halides is 4. The van der Waals surface area contributed by atoms with Crippen LogP contribution in [0.1, 0.15) is 24.3 Å². The minimum Gasteiger partial charge on any atom is -0.295 e. The van der Waals surface area contributed by atoms with E-state index in [1.807, 2.05) is 0 Å². The maximum atomic E-state index is 13.0. The molecule has 3 aromatic rings. The van der Waals surface area contributed by atoms with E-state index in [1.165, 1.54) is 6.20 Å². The molecule has 138 valence electrons. The Balaban J connectivity index is 1.66. The zero-order valence-corrected chi connectivity index (χ0v) is 15.2. The molecule has 3 heterocycles. The summed E-state index contributed by atoms with van der Waals surface area (Å²) in [7, 11) is 0. The maximum absolute atomic E-state index is 13.0. The molecule has 0 amide bonds. The van der Waals surface area contributed by atoms with Crippen molar-refractivity contribution in [2.24, 2.45) is 0 Å². The highest BCUT2D eigenvalue weighted by Gasteiger charge is 2.51. The molecule has 5 nitrogen and oxygen atoms in total. The van der Waals surface area contributed by atoms with E-state index in [1.54, 1.807) is 16.7 Å². The van der Waals surface area contributed by atoms with Crippen molar-refractivity contribution in [3.8, 4) is 10.7 Å². The molecular formula is C14H10ClF4N5S2. The number of halogens is 5. The Morgan fingerprint density at radius 2 is 2.04 bits per heavy atom. The number of hydrogen-bond acceptors (Lipinski definition) is 6. The van der Waals surface area contributed by atoms with Gasteiger partial charge in [0.2, 0.25) is 0 Å². The molecular weight excluding hydrogens is 414 g/mol. The number of imidazole rings is 1. The lowest BCUT2D eigenvalue weighted by atomic mass is 10.3. The van der Waals surface area contributed by atoms with Crippen LogP contribution in [0.5, 0.6) is 0 Å². The molecule has 0 unspecified atom stereocenters. The van der Waals surface area contributed by atoms with Crippen LogP contribution in [0.3, 0.4) is 0 Å². The van der Waals surface area contributed by atoms with Crippen molar-refractivity contribution in [2.45, 2.75) is 36.1 Å². The summed E-state index contributed by atoms with van der Waals surface area (Å²) < 4.78 is 55.9. The van der Waals surface area contributed by atoms with Gasteiger partial charge in [-0.15, -0.1) is 10.2 Å². The van der Waals surface area contributed by atoms with Gasteiger partial charge in [0.25, 0.3) is 12.9 Å². The van der Waals surface area contributed by atoms with E-state index < -0.39 is 18.4 Å². The fraction of sp³-hybridized carbons (Fsp3) is 0.357. The SMILES string of the molecule is FC(F)c1nnc(-c2cnc3c(Cl)cc(SNC4(C(F)F)CC4)cn23)s1. The average molecular weight is 424 g/mol. The van der Waals surface area contributed by atoms with E-state index in [4.69, 9.17) is 11.6 Å². The van der Waals surface area contributed by atoms with Gasteiger partial charge in [0.1, 0.15) is 5.69 Å². The van der Waals surface area contributed by atoms with Gasteiger partial charge in [-0.2, -0.15) is 0 Å². The summed E-state index contributed by atoms with van der Waals surface area (Å²) in [6.07, 6.45) is -1.24. The van der Waals surface area contributed by atoms with Gasteiger partial charge in [-0.25, -0.2) is 27.3 Å². The first-order valence-electron chi connectivity index (χ1n) is 7.40. The summed E-state index contributed by atoms with van der Waals surface area (Å²) in [4.78, 5) is 4.76. The van der Waals surface area contributed by atoms with Gasteiger partial charge < -0.3 is 0 Å². The fourth-order valence-corrected chi connectivity index (χ4v) is 4.30. The van der Waals surface area contributed by atoms with Gasteiger partial charge >= 0.3 is 0 Å². The van der Waals surface area contributed by atoms with Gasteiger partial charge in [0.05, 0.1) is 16.8 Å². The topological polar surface area (TPSA) is 55.1 Å². The van der Waals surface area contributed by atoms with Gasteiger partial charge in [-0.1, -0.05) is 22.9 Å². The molecule has 0 aromatic carbocycles. The quantitative estimate of drug-likeness (QED) is 0.454. The van der Waals surface area contributed by atoms with Crippen molar-refractivity contribution < 1.29 is 17.6 Å². The molecule has 1 aliphatic carbocycles. The first-order valence-corrected chi connectivity index (χ1v) is 9.41. The summed E-state index contributed by atoms with van der Waals surface area (Å²) in [5.74, 6) is 0. The second-order valence-corrected chi connectivity index (χ2v) is 8.06. The van der Waals surface area contributed by atoms with Crippen molar-refractivity contribution >= 4 is 40.5 Å². The lowest BCUT2D eigenvalue weighted by Gasteiger charge is -2.15. The largest absolute Gasteiger partial charge is 0.295 e. The van der Waals surface area contributed by atoms with Crippen LogP contribution in [-0.2, 0) is 0 Å². The smallest absolute Gasteiger partial charge is 0.291 e. The van der Waals surface area contributed by atoms with E-state index >= 15 is 0 Å². The van der Waals surface area contributed by atoms with Crippen LogP contribution in [0.4, 0.5) is 17.6 Å². The van der Waals surface area contributed by atoms with E-state index in [9.17, 15) is 17.6 Å². The monoisotopic (exact) mass is 423 g/mol. The second kappa shape index (κ2) is 6.63. The Morgan fingerprint density at radius 3 is 2.65 bits per heavy atom. The number of pyridine rings is 1. The molecule has 1 aliphatic rings. The highest BCUT2D eigenvalue weighted by atomic mass is 35.5. The van der Waals surface area contributed by atoms with Crippen molar-refractivity contribution in [1.82, 2.24) is 24.3 Å². The Morgan fingerprint density at radius 1 is 1.27 bits per heavy atom. The number of fused-ring (bicyclic) bond motifs is 1. The first-order chi connectivity index (χ1) is 12.4. The second-order valence-electron chi connectivity index (χ2n) is 5.77. The summed E-state index contributed by atoms with van der Waals surface area (Å²) in [6.45, 7) is 0. The molecule has 12 heteroatoms. The van der Waals surface area contributed by atoms with Crippen LogP contribution in [0, 0.1) is 0 Å². The Hall–Kier alpha value is -1.43. The molecule has 0 spiro atoms. The van der Waals surface area contributed by atoms with Gasteiger partial charge in [0, 0.05) is 11.1 Å².